The summed E-state index contributed by atoms with van der Waals surface area (Å²) in [5.74, 6) is -2.66. The number of rotatable bonds is 7. The molecule has 0 aliphatic carbocycles. The minimum atomic E-state index is -1.25. The van der Waals surface area contributed by atoms with Crippen molar-refractivity contribution in [3.8, 4) is 0 Å². The predicted octanol–water partition coefficient (Wildman–Crippen LogP) is 2.72. The molecule has 2 rings (SSSR count). The lowest BCUT2D eigenvalue weighted by molar-refractivity contribution is -0.384. The van der Waals surface area contributed by atoms with Crippen LogP contribution in [0, 0.1) is 10.1 Å². The Morgan fingerprint density at radius 1 is 1.14 bits per heavy atom. The number of nitrogens with zero attached hydrogens (tertiary/aromatic N) is 1. The van der Waals surface area contributed by atoms with Crippen molar-refractivity contribution in [3.05, 3.63) is 79.9 Å². The van der Waals surface area contributed by atoms with Gasteiger partial charge in [-0.05, 0) is 58.8 Å². The van der Waals surface area contributed by atoms with Crippen LogP contribution in [0.2, 0.25) is 0 Å². The fraction of sp³-hybridized carbons (Fsp3) is 0.105. The summed E-state index contributed by atoms with van der Waals surface area (Å²) in [7, 11) is 0. The Labute approximate surface area is 173 Å². The van der Waals surface area contributed by atoms with E-state index in [-0.39, 0.29) is 16.9 Å². The lowest BCUT2D eigenvalue weighted by Gasteiger charge is -2.14. The fourth-order valence-corrected chi connectivity index (χ4v) is 2.65. The second-order valence-corrected chi connectivity index (χ2v) is 6.73. The number of hydrogen-bond acceptors (Lipinski definition) is 5. The molecule has 2 aromatic carbocycles. The number of non-ortho nitro benzene ring substituents is 1. The number of carboxylic acids is 1. The topological polar surface area (TPSA) is 139 Å². The molecular formula is C19H16BrN3O6. The normalized spacial score (nSPS) is 12.0. The van der Waals surface area contributed by atoms with E-state index in [1.54, 1.807) is 24.3 Å². The Hall–Kier alpha value is -3.53. The molecular weight excluding hydrogens is 446 g/mol. The number of carbonyl (C=O) groups excluding carboxylic acids is 2. The Kier molecular flexibility index (Phi) is 7.21. The van der Waals surface area contributed by atoms with E-state index in [2.05, 4.69) is 26.6 Å². The molecule has 3 N–H and O–H groups in total. The first-order valence-electron chi connectivity index (χ1n) is 8.24. The summed E-state index contributed by atoms with van der Waals surface area (Å²) >= 11 is 3.25. The van der Waals surface area contributed by atoms with Gasteiger partial charge < -0.3 is 15.7 Å². The zero-order valence-corrected chi connectivity index (χ0v) is 16.7. The van der Waals surface area contributed by atoms with Crippen molar-refractivity contribution in [2.45, 2.75) is 13.0 Å². The lowest BCUT2D eigenvalue weighted by Crippen LogP contribution is -2.42. The highest BCUT2D eigenvalue weighted by molar-refractivity contribution is 9.10. The van der Waals surface area contributed by atoms with Crippen LogP contribution in [0.5, 0.6) is 0 Å². The molecule has 10 heteroatoms. The standard InChI is InChI=1S/C19H16BrN3O6/c1-11(19(26)27)21-18(25)16(10-12-6-8-13(9-7-12)23(28)29)22-17(24)14-4-2-3-5-15(14)20/h2-11H,1H3,(H,21,25)(H,22,24)(H,26,27). The van der Waals surface area contributed by atoms with Gasteiger partial charge >= 0.3 is 5.97 Å². The van der Waals surface area contributed by atoms with Crippen molar-refractivity contribution in [1.82, 2.24) is 10.6 Å². The minimum Gasteiger partial charge on any atom is -0.480 e. The first kappa shape index (κ1) is 21.8. The number of nitro groups is 1. The molecule has 2 amide bonds. The third kappa shape index (κ3) is 5.98. The van der Waals surface area contributed by atoms with Crippen LogP contribution in [0.25, 0.3) is 6.08 Å². The molecule has 0 aliphatic heterocycles. The van der Waals surface area contributed by atoms with Gasteiger partial charge in [-0.2, -0.15) is 0 Å². The van der Waals surface area contributed by atoms with E-state index in [1.807, 2.05) is 0 Å². The average Bonchev–Trinajstić information content (AvgIpc) is 2.67. The van der Waals surface area contributed by atoms with Gasteiger partial charge in [-0.1, -0.05) is 12.1 Å². The molecule has 0 heterocycles. The van der Waals surface area contributed by atoms with E-state index in [1.165, 1.54) is 37.3 Å². The Balaban J connectivity index is 2.35. The van der Waals surface area contributed by atoms with Crippen molar-refractivity contribution < 1.29 is 24.4 Å². The second kappa shape index (κ2) is 9.60. The molecule has 0 aliphatic rings. The molecule has 0 aromatic heterocycles. The van der Waals surface area contributed by atoms with Crippen LogP contribution >= 0.6 is 15.9 Å². The highest BCUT2D eigenvalue weighted by Crippen LogP contribution is 2.17. The number of hydrogen-bond donors (Lipinski definition) is 3. The molecule has 2 aromatic rings. The summed E-state index contributed by atoms with van der Waals surface area (Å²) in [5, 5.41) is 24.5. The van der Waals surface area contributed by atoms with Gasteiger partial charge in [-0.25, -0.2) is 0 Å². The molecule has 0 radical (unpaired) electrons. The zero-order chi connectivity index (χ0) is 21.6. The van der Waals surface area contributed by atoms with Crippen molar-refractivity contribution >= 4 is 45.5 Å². The van der Waals surface area contributed by atoms with Gasteiger partial charge in [0.15, 0.2) is 0 Å². The molecule has 0 fully saturated rings. The van der Waals surface area contributed by atoms with Crippen LogP contribution in [0.15, 0.2) is 58.7 Å². The third-order valence-corrected chi connectivity index (χ3v) is 4.44. The highest BCUT2D eigenvalue weighted by atomic mass is 79.9. The first-order chi connectivity index (χ1) is 13.7. The summed E-state index contributed by atoms with van der Waals surface area (Å²) in [6, 6.07) is 10.7. The van der Waals surface area contributed by atoms with Gasteiger partial charge in [0.05, 0.1) is 10.5 Å². The van der Waals surface area contributed by atoms with Crippen LogP contribution in [0.4, 0.5) is 5.69 Å². The second-order valence-electron chi connectivity index (χ2n) is 5.87. The van der Waals surface area contributed by atoms with Gasteiger partial charge in [-0.3, -0.25) is 24.5 Å². The maximum absolute atomic E-state index is 12.6. The molecule has 1 unspecified atom stereocenters. The van der Waals surface area contributed by atoms with Gasteiger partial charge in [0.1, 0.15) is 11.7 Å². The molecule has 0 saturated carbocycles. The van der Waals surface area contributed by atoms with E-state index in [9.17, 15) is 24.5 Å². The Bertz CT molecular complexity index is 988. The van der Waals surface area contributed by atoms with E-state index in [0.717, 1.165) is 0 Å². The smallest absolute Gasteiger partial charge is 0.325 e. The van der Waals surface area contributed by atoms with Crippen molar-refractivity contribution in [1.29, 1.82) is 0 Å². The number of nitrogens with one attached hydrogen (secondary N) is 2. The number of nitro benzene ring substituents is 1. The van der Waals surface area contributed by atoms with E-state index < -0.39 is 28.7 Å². The fourth-order valence-electron chi connectivity index (χ4n) is 2.19. The molecule has 0 bridgehead atoms. The number of carboxylic acid groups (broad SMARTS) is 1. The van der Waals surface area contributed by atoms with E-state index in [0.29, 0.717) is 10.0 Å². The summed E-state index contributed by atoms with van der Waals surface area (Å²) in [6.07, 6.45) is 1.29. The predicted molar refractivity (Wildman–Crippen MR) is 108 cm³/mol. The van der Waals surface area contributed by atoms with Crippen molar-refractivity contribution in [2.75, 3.05) is 0 Å². The van der Waals surface area contributed by atoms with Gasteiger partial charge in [0, 0.05) is 16.6 Å². The van der Waals surface area contributed by atoms with E-state index in [4.69, 9.17) is 5.11 Å². The first-order valence-corrected chi connectivity index (χ1v) is 9.04. The lowest BCUT2D eigenvalue weighted by atomic mass is 10.1. The van der Waals surface area contributed by atoms with Crippen LogP contribution in [0.3, 0.4) is 0 Å². The molecule has 1 atom stereocenters. The largest absolute Gasteiger partial charge is 0.480 e. The highest BCUT2D eigenvalue weighted by Gasteiger charge is 2.20. The monoisotopic (exact) mass is 461 g/mol. The quantitative estimate of drug-likeness (QED) is 0.329. The van der Waals surface area contributed by atoms with Crippen LogP contribution in [-0.4, -0.2) is 33.9 Å². The van der Waals surface area contributed by atoms with Crippen molar-refractivity contribution in [2.24, 2.45) is 0 Å². The van der Waals surface area contributed by atoms with Crippen molar-refractivity contribution in [3.63, 3.8) is 0 Å². The third-order valence-electron chi connectivity index (χ3n) is 3.74. The molecule has 29 heavy (non-hydrogen) atoms. The number of carbonyl (C=O) groups is 3. The van der Waals surface area contributed by atoms with Crippen LogP contribution in [-0.2, 0) is 9.59 Å². The SMILES string of the molecule is CC(NC(=O)C(=Cc1ccc([N+](=O)[O-])cc1)NC(=O)c1ccccc1Br)C(=O)O. The average molecular weight is 462 g/mol. The van der Waals surface area contributed by atoms with Crippen LogP contribution < -0.4 is 10.6 Å². The minimum absolute atomic E-state index is 0.134. The number of aliphatic carboxylic acids is 1. The molecule has 150 valence electrons. The number of halogens is 1. The summed E-state index contributed by atoms with van der Waals surface area (Å²) < 4.78 is 0.506. The summed E-state index contributed by atoms with van der Waals surface area (Å²) in [5.41, 5.74) is 0.315. The molecule has 0 spiro atoms. The van der Waals surface area contributed by atoms with E-state index >= 15 is 0 Å². The summed E-state index contributed by atoms with van der Waals surface area (Å²) in [6.45, 7) is 1.28. The molecule has 9 nitrogen and oxygen atoms in total. The zero-order valence-electron chi connectivity index (χ0n) is 15.1. The van der Waals surface area contributed by atoms with Crippen LogP contribution in [0.1, 0.15) is 22.8 Å². The van der Waals surface area contributed by atoms with Gasteiger partial charge in [0.25, 0.3) is 17.5 Å². The summed E-state index contributed by atoms with van der Waals surface area (Å²) in [4.78, 5) is 46.3. The Morgan fingerprint density at radius 2 is 1.76 bits per heavy atom. The number of benzene rings is 2. The Morgan fingerprint density at radius 3 is 2.31 bits per heavy atom. The maximum Gasteiger partial charge on any atom is 0.325 e. The maximum atomic E-state index is 12.6. The van der Waals surface area contributed by atoms with Gasteiger partial charge in [-0.15, -0.1) is 0 Å². The van der Waals surface area contributed by atoms with Gasteiger partial charge in [0.2, 0.25) is 0 Å². The molecule has 0 saturated heterocycles. The number of amides is 2.